The molecule has 1 aromatic carbocycles. The van der Waals surface area contributed by atoms with Gasteiger partial charge in [-0.05, 0) is 0 Å². The molecule has 0 N–H and O–H groups in total. The molecule has 0 heterocycles. The third-order valence-electron chi connectivity index (χ3n) is 1.80. The van der Waals surface area contributed by atoms with Crippen molar-refractivity contribution in [2.75, 3.05) is 0 Å². The van der Waals surface area contributed by atoms with Gasteiger partial charge in [-0.15, -0.1) is 0 Å². The van der Waals surface area contributed by atoms with Crippen LogP contribution in [0.1, 0.15) is 6.42 Å². The first-order valence-electron chi connectivity index (χ1n) is 4.28. The largest absolute Gasteiger partial charge is 1.00 e. The third-order valence-corrected chi connectivity index (χ3v) is 3.24. The van der Waals surface area contributed by atoms with Crippen LogP contribution in [0.25, 0.3) is 0 Å². The zero-order valence-corrected chi connectivity index (χ0v) is 10.9. The summed E-state index contributed by atoms with van der Waals surface area (Å²) in [5, 5.41) is 0. The number of hydrogen-bond acceptors (Lipinski definition) is 1. The normalized spacial score (nSPS) is 12.7. The topological polar surface area (TPSA) is 12.4 Å². The number of benzene rings is 1. The Morgan fingerprint density at radius 2 is 1.80 bits per heavy atom. The molecule has 0 spiro atoms. The molecular weight excluding hydrogens is 268 g/mol. The van der Waals surface area contributed by atoms with E-state index in [0.29, 0.717) is 0 Å². The molecule has 78 valence electrons. The van der Waals surface area contributed by atoms with E-state index in [4.69, 9.17) is 0 Å². The van der Waals surface area contributed by atoms with Gasteiger partial charge in [-0.1, -0.05) is 0 Å². The van der Waals surface area contributed by atoms with E-state index in [1.54, 1.807) is 0 Å². The molecule has 1 nitrogen and oxygen atoms in total. The average molecular weight is 278 g/mol. The SMILES string of the molecule is C1=CC[C](/[V+2]=[N]/c2ccccc2)=C1.[Cl-].[Cl-]. The molecule has 1 aliphatic rings. The van der Waals surface area contributed by atoms with Crippen LogP contribution in [0.5, 0.6) is 0 Å². The van der Waals surface area contributed by atoms with Crippen molar-refractivity contribution >= 4 is 5.69 Å². The van der Waals surface area contributed by atoms with Crippen molar-refractivity contribution in [2.45, 2.75) is 6.42 Å². The van der Waals surface area contributed by atoms with Crippen LogP contribution in [-0.2, 0) is 16.1 Å². The fraction of sp³-hybridized carbons (Fsp3) is 0.0909. The van der Waals surface area contributed by atoms with Crippen LogP contribution in [0.3, 0.4) is 0 Å². The average Bonchev–Trinajstić information content (AvgIpc) is 2.69. The van der Waals surface area contributed by atoms with Gasteiger partial charge in [0.2, 0.25) is 0 Å². The molecule has 0 bridgehead atoms. The summed E-state index contributed by atoms with van der Waals surface area (Å²) in [7, 11) is 0. The second-order valence-corrected chi connectivity index (χ2v) is 4.35. The van der Waals surface area contributed by atoms with Gasteiger partial charge < -0.3 is 24.8 Å². The predicted octanol–water partition coefficient (Wildman–Crippen LogP) is -2.56. The molecule has 1 aromatic rings. The summed E-state index contributed by atoms with van der Waals surface area (Å²) >= 11 is 0.00870. The molecule has 0 radical (unpaired) electrons. The molecule has 15 heavy (non-hydrogen) atoms. The van der Waals surface area contributed by atoms with Gasteiger partial charge in [-0.3, -0.25) is 0 Å². The van der Waals surface area contributed by atoms with Gasteiger partial charge in [-0.2, -0.15) is 0 Å². The van der Waals surface area contributed by atoms with Gasteiger partial charge in [0.05, 0.1) is 0 Å². The summed E-state index contributed by atoms with van der Waals surface area (Å²) < 4.78 is 6.06. The Kier molecular flexibility index (Phi) is 7.72. The van der Waals surface area contributed by atoms with Gasteiger partial charge >= 0.3 is 84.8 Å². The van der Waals surface area contributed by atoms with Crippen molar-refractivity contribution in [1.82, 2.24) is 0 Å². The van der Waals surface area contributed by atoms with Crippen LogP contribution in [0.4, 0.5) is 5.69 Å². The molecule has 4 heteroatoms. The molecular formula is C11H10Cl2NV. The van der Waals surface area contributed by atoms with E-state index in [9.17, 15) is 0 Å². The van der Waals surface area contributed by atoms with E-state index in [1.807, 2.05) is 18.2 Å². The maximum atomic E-state index is 4.57. The summed E-state index contributed by atoms with van der Waals surface area (Å²) in [5.41, 5.74) is 1.11. The number of rotatable bonds is 2. The zero-order chi connectivity index (χ0) is 8.93. The van der Waals surface area contributed by atoms with Crippen molar-refractivity contribution in [3.63, 3.8) is 0 Å². The van der Waals surface area contributed by atoms with Crippen LogP contribution in [-0.4, -0.2) is 0 Å². The first-order chi connectivity index (χ1) is 6.45. The van der Waals surface area contributed by atoms with Crippen molar-refractivity contribution in [3.05, 3.63) is 52.8 Å². The summed E-state index contributed by atoms with van der Waals surface area (Å²) in [6.45, 7) is 0. The van der Waals surface area contributed by atoms with E-state index >= 15 is 0 Å². The van der Waals surface area contributed by atoms with Crippen molar-refractivity contribution in [3.8, 4) is 0 Å². The number of nitrogens with zero attached hydrogens (tertiary/aromatic N) is 1. The second kappa shape index (κ2) is 7.89. The molecule has 0 unspecified atom stereocenters. The van der Waals surface area contributed by atoms with E-state index in [-0.39, 0.29) is 40.9 Å². The fourth-order valence-electron chi connectivity index (χ4n) is 1.13. The van der Waals surface area contributed by atoms with Crippen LogP contribution >= 0.6 is 0 Å². The smallest absolute Gasteiger partial charge is 1.00 e. The minimum absolute atomic E-state index is 0. The van der Waals surface area contributed by atoms with E-state index in [2.05, 4.69) is 34.2 Å². The number of hydrogen-bond donors (Lipinski definition) is 0. The molecule has 0 saturated carbocycles. The summed E-state index contributed by atoms with van der Waals surface area (Å²) in [6.07, 6.45) is 7.60. The molecule has 0 atom stereocenters. The van der Waals surface area contributed by atoms with E-state index < -0.39 is 0 Å². The Hall–Kier alpha value is -0.336. The van der Waals surface area contributed by atoms with Crippen molar-refractivity contribution in [1.29, 1.82) is 0 Å². The quantitative estimate of drug-likeness (QED) is 0.564. The Labute approximate surface area is 109 Å². The Morgan fingerprint density at radius 1 is 1.07 bits per heavy atom. The van der Waals surface area contributed by atoms with Crippen LogP contribution in [0.15, 0.2) is 56.6 Å². The maximum Gasteiger partial charge on any atom is -1.00 e. The molecule has 2 rings (SSSR count). The molecule has 0 amide bonds. The van der Waals surface area contributed by atoms with Crippen LogP contribution in [0, 0.1) is 0 Å². The Morgan fingerprint density at radius 3 is 2.40 bits per heavy atom. The predicted molar refractivity (Wildman–Crippen MR) is 50.4 cm³/mol. The van der Waals surface area contributed by atoms with Crippen LogP contribution in [0.2, 0.25) is 0 Å². The minimum atomic E-state index is 0. The van der Waals surface area contributed by atoms with Gasteiger partial charge in [0, 0.05) is 0 Å². The van der Waals surface area contributed by atoms with Gasteiger partial charge in [-0.25, -0.2) is 0 Å². The number of halogens is 2. The van der Waals surface area contributed by atoms with Gasteiger partial charge in [0.25, 0.3) is 0 Å². The van der Waals surface area contributed by atoms with Gasteiger partial charge in [0.15, 0.2) is 0 Å². The molecule has 0 fully saturated rings. The van der Waals surface area contributed by atoms with Crippen molar-refractivity contribution in [2.24, 2.45) is 3.79 Å². The third kappa shape index (κ3) is 4.81. The fourth-order valence-corrected chi connectivity index (χ4v) is 2.25. The Bertz CT molecular complexity index is 371. The monoisotopic (exact) mass is 277 g/mol. The zero-order valence-electron chi connectivity index (χ0n) is 7.98. The summed E-state index contributed by atoms with van der Waals surface area (Å²) in [4.78, 5) is 0. The summed E-state index contributed by atoms with van der Waals surface area (Å²) in [6, 6.07) is 10.2. The second-order valence-electron chi connectivity index (χ2n) is 2.83. The standard InChI is InChI=1S/C6H5N.C5H5.2ClH.V/c7-6-4-2-1-3-5-6;1-2-4-5-3-1;;;/h1-5H;1-3H,4H2;2*1H;/q;;;;+2/p-2. The van der Waals surface area contributed by atoms with E-state index in [0.717, 1.165) is 12.1 Å². The minimum Gasteiger partial charge on any atom is -1.00 e. The first-order valence-corrected chi connectivity index (χ1v) is 5.60. The number of allylic oxidation sites excluding steroid dienone is 4. The molecule has 0 saturated heterocycles. The first kappa shape index (κ1) is 14.7. The van der Waals surface area contributed by atoms with Gasteiger partial charge in [0.1, 0.15) is 0 Å². The van der Waals surface area contributed by atoms with Crippen molar-refractivity contribution < 1.29 is 40.9 Å². The van der Waals surface area contributed by atoms with Crippen LogP contribution < -0.4 is 24.8 Å². The summed E-state index contributed by atoms with van der Waals surface area (Å²) in [5.74, 6) is 0. The molecule has 0 aliphatic heterocycles. The molecule has 1 aliphatic carbocycles. The Balaban J connectivity index is 0.000000980. The van der Waals surface area contributed by atoms with E-state index in [1.165, 1.54) is 4.28 Å². The molecule has 0 aromatic heterocycles. The maximum absolute atomic E-state index is 4.57.